The van der Waals surface area contributed by atoms with Crippen LogP contribution in [0.4, 0.5) is 4.79 Å². The van der Waals surface area contributed by atoms with Crippen molar-refractivity contribution in [2.24, 2.45) is 7.05 Å². The van der Waals surface area contributed by atoms with E-state index in [2.05, 4.69) is 26.8 Å². The SMILES string of the molecule is Cn1cc(Br)cc1C(=O)NNC(=O)c1cccn1C1CCN(C(=O)OC(C)(C)C)CC1. The predicted molar refractivity (Wildman–Crippen MR) is 119 cm³/mol. The Balaban J connectivity index is 1.57. The zero-order chi connectivity index (χ0) is 22.8. The van der Waals surface area contributed by atoms with Gasteiger partial charge in [-0.3, -0.25) is 20.4 Å². The van der Waals surface area contributed by atoms with Gasteiger partial charge in [0.05, 0.1) is 0 Å². The van der Waals surface area contributed by atoms with Crippen molar-refractivity contribution >= 4 is 33.8 Å². The summed E-state index contributed by atoms with van der Waals surface area (Å²) in [6.07, 6.45) is 4.70. The van der Waals surface area contributed by atoms with Crippen LogP contribution < -0.4 is 10.9 Å². The minimum absolute atomic E-state index is 0.0777. The van der Waals surface area contributed by atoms with Crippen molar-refractivity contribution in [3.05, 3.63) is 46.5 Å². The smallest absolute Gasteiger partial charge is 0.410 e. The Morgan fingerprint density at radius 2 is 1.71 bits per heavy atom. The average molecular weight is 494 g/mol. The summed E-state index contributed by atoms with van der Waals surface area (Å²) in [4.78, 5) is 39.0. The summed E-state index contributed by atoms with van der Waals surface area (Å²) in [5.41, 5.74) is 5.27. The van der Waals surface area contributed by atoms with Crippen molar-refractivity contribution in [2.45, 2.75) is 45.3 Å². The van der Waals surface area contributed by atoms with E-state index in [0.717, 1.165) is 4.47 Å². The molecule has 0 bridgehead atoms. The summed E-state index contributed by atoms with van der Waals surface area (Å²) in [7, 11) is 1.75. The van der Waals surface area contributed by atoms with Gasteiger partial charge in [-0.05, 0) is 67.7 Å². The summed E-state index contributed by atoms with van der Waals surface area (Å²) < 4.78 is 9.77. The van der Waals surface area contributed by atoms with Gasteiger partial charge in [0.25, 0.3) is 11.8 Å². The molecule has 1 aliphatic heterocycles. The lowest BCUT2D eigenvalue weighted by Crippen LogP contribution is -2.44. The first-order chi connectivity index (χ1) is 14.5. The van der Waals surface area contributed by atoms with Crippen molar-refractivity contribution < 1.29 is 19.1 Å². The fraction of sp³-hybridized carbons (Fsp3) is 0.476. The molecular formula is C21H28BrN5O4. The Morgan fingerprint density at radius 3 is 2.26 bits per heavy atom. The van der Waals surface area contributed by atoms with E-state index in [4.69, 9.17) is 4.74 Å². The van der Waals surface area contributed by atoms with Gasteiger partial charge >= 0.3 is 6.09 Å². The monoisotopic (exact) mass is 493 g/mol. The third-order valence-electron chi connectivity index (χ3n) is 5.01. The van der Waals surface area contributed by atoms with Crippen LogP contribution in [-0.2, 0) is 11.8 Å². The molecule has 2 aromatic heterocycles. The molecule has 31 heavy (non-hydrogen) atoms. The molecule has 0 aromatic carbocycles. The molecule has 3 amide bonds. The van der Waals surface area contributed by atoms with E-state index in [-0.39, 0.29) is 12.1 Å². The molecule has 0 saturated carbocycles. The normalized spacial score (nSPS) is 14.9. The van der Waals surface area contributed by atoms with Crippen LogP contribution >= 0.6 is 15.9 Å². The molecule has 1 saturated heterocycles. The molecule has 0 spiro atoms. The molecule has 10 heteroatoms. The third kappa shape index (κ3) is 5.69. The number of ether oxygens (including phenoxy) is 1. The summed E-state index contributed by atoms with van der Waals surface area (Å²) >= 11 is 3.32. The van der Waals surface area contributed by atoms with E-state index in [1.165, 1.54) is 0 Å². The summed E-state index contributed by atoms with van der Waals surface area (Å²) in [6.45, 7) is 6.64. The first-order valence-electron chi connectivity index (χ1n) is 10.1. The van der Waals surface area contributed by atoms with Crippen LogP contribution in [0.15, 0.2) is 35.1 Å². The number of nitrogens with zero attached hydrogens (tertiary/aromatic N) is 3. The molecular weight excluding hydrogens is 466 g/mol. The zero-order valence-electron chi connectivity index (χ0n) is 18.1. The minimum atomic E-state index is -0.528. The molecule has 0 unspecified atom stereocenters. The minimum Gasteiger partial charge on any atom is -0.444 e. The zero-order valence-corrected chi connectivity index (χ0v) is 19.7. The molecule has 168 valence electrons. The highest BCUT2D eigenvalue weighted by Gasteiger charge is 2.28. The van der Waals surface area contributed by atoms with Gasteiger partial charge in [-0.25, -0.2) is 4.79 Å². The number of hydrazine groups is 1. The number of aryl methyl sites for hydroxylation is 1. The molecule has 0 radical (unpaired) electrons. The molecule has 1 aliphatic rings. The molecule has 9 nitrogen and oxygen atoms in total. The Bertz CT molecular complexity index is 967. The topological polar surface area (TPSA) is 97.6 Å². The highest BCUT2D eigenvalue weighted by molar-refractivity contribution is 9.10. The highest BCUT2D eigenvalue weighted by atomic mass is 79.9. The van der Waals surface area contributed by atoms with E-state index in [0.29, 0.717) is 37.3 Å². The molecule has 3 heterocycles. The van der Waals surface area contributed by atoms with Crippen molar-refractivity contribution in [3.63, 3.8) is 0 Å². The van der Waals surface area contributed by atoms with Crippen LogP contribution in [0.3, 0.4) is 0 Å². The molecule has 0 atom stereocenters. The van der Waals surface area contributed by atoms with Gasteiger partial charge in [0, 0.05) is 43.0 Å². The molecule has 3 rings (SSSR count). The van der Waals surface area contributed by atoms with Crippen LogP contribution in [0, 0.1) is 0 Å². The lowest BCUT2D eigenvalue weighted by atomic mass is 10.0. The van der Waals surface area contributed by atoms with Crippen molar-refractivity contribution in [2.75, 3.05) is 13.1 Å². The molecule has 2 aromatic rings. The second kappa shape index (κ2) is 9.17. The lowest BCUT2D eigenvalue weighted by Gasteiger charge is -2.34. The van der Waals surface area contributed by atoms with E-state index >= 15 is 0 Å². The summed E-state index contributed by atoms with van der Waals surface area (Å²) in [5.74, 6) is -0.813. The number of likely N-dealkylation sites (tertiary alicyclic amines) is 1. The van der Waals surface area contributed by atoms with Crippen LogP contribution in [0.5, 0.6) is 0 Å². The van der Waals surface area contributed by atoms with Gasteiger partial charge in [0.2, 0.25) is 0 Å². The predicted octanol–water partition coefficient (Wildman–Crippen LogP) is 3.24. The number of hydrogen-bond donors (Lipinski definition) is 2. The molecule has 1 fully saturated rings. The number of nitrogens with one attached hydrogen (secondary N) is 2. The van der Waals surface area contributed by atoms with Crippen molar-refractivity contribution in [1.29, 1.82) is 0 Å². The quantitative estimate of drug-likeness (QED) is 0.641. The first-order valence-corrected chi connectivity index (χ1v) is 10.9. The Hall–Kier alpha value is -2.75. The number of piperidine rings is 1. The van der Waals surface area contributed by atoms with Gasteiger partial charge in [-0.1, -0.05) is 0 Å². The maximum Gasteiger partial charge on any atom is 0.410 e. The number of rotatable bonds is 3. The summed E-state index contributed by atoms with van der Waals surface area (Å²) in [5, 5.41) is 0. The van der Waals surface area contributed by atoms with E-state index in [9.17, 15) is 14.4 Å². The van der Waals surface area contributed by atoms with Crippen LogP contribution in [0.1, 0.15) is 60.6 Å². The fourth-order valence-electron chi connectivity index (χ4n) is 3.55. The van der Waals surface area contributed by atoms with Gasteiger partial charge in [0.15, 0.2) is 0 Å². The average Bonchev–Trinajstić information content (AvgIpc) is 3.31. The second-order valence-corrected chi connectivity index (χ2v) is 9.48. The third-order valence-corrected chi connectivity index (χ3v) is 5.45. The Labute approximate surface area is 189 Å². The van der Waals surface area contributed by atoms with Crippen molar-refractivity contribution in [3.8, 4) is 0 Å². The summed E-state index contributed by atoms with van der Waals surface area (Å²) in [6, 6.07) is 5.25. The van der Waals surface area contributed by atoms with Crippen LogP contribution in [0.2, 0.25) is 0 Å². The number of hydrogen-bond acceptors (Lipinski definition) is 4. The Morgan fingerprint density at radius 1 is 1.10 bits per heavy atom. The number of carbonyl (C=O) groups excluding carboxylic acids is 3. The Kier molecular flexibility index (Phi) is 6.78. The van der Waals surface area contributed by atoms with Crippen LogP contribution in [-0.4, -0.2) is 50.6 Å². The number of aromatic nitrogens is 2. The second-order valence-electron chi connectivity index (χ2n) is 8.56. The van der Waals surface area contributed by atoms with Gasteiger partial charge in [-0.15, -0.1) is 0 Å². The largest absolute Gasteiger partial charge is 0.444 e. The lowest BCUT2D eigenvalue weighted by molar-refractivity contribution is 0.0187. The fourth-order valence-corrected chi connectivity index (χ4v) is 4.07. The van der Waals surface area contributed by atoms with Gasteiger partial charge in [-0.2, -0.15) is 0 Å². The van der Waals surface area contributed by atoms with E-state index in [1.54, 1.807) is 40.9 Å². The van der Waals surface area contributed by atoms with Crippen molar-refractivity contribution in [1.82, 2.24) is 24.9 Å². The van der Waals surface area contributed by atoms with Crippen LogP contribution in [0.25, 0.3) is 0 Å². The molecule has 2 N–H and O–H groups in total. The number of amides is 3. The van der Waals surface area contributed by atoms with Gasteiger partial charge < -0.3 is 18.8 Å². The van der Waals surface area contributed by atoms with E-state index in [1.807, 2.05) is 31.5 Å². The van der Waals surface area contributed by atoms with E-state index < -0.39 is 17.4 Å². The number of carbonyl (C=O) groups is 3. The highest BCUT2D eigenvalue weighted by Crippen LogP contribution is 2.25. The number of halogens is 1. The first kappa shape index (κ1) is 22.9. The maximum absolute atomic E-state index is 12.7. The maximum atomic E-state index is 12.7. The standard InChI is InChI=1S/C21H28BrN5O4/c1-21(2,3)31-20(30)26-10-7-15(8-11-26)27-9-5-6-16(27)18(28)23-24-19(29)17-12-14(22)13-25(17)4/h5-6,9,12-13,15H,7-8,10-11H2,1-4H3,(H,23,28)(H,24,29). The van der Waals surface area contributed by atoms with Gasteiger partial charge in [0.1, 0.15) is 17.0 Å². The molecule has 0 aliphatic carbocycles.